The molecule has 4 heteroatoms. The van der Waals surface area contributed by atoms with Crippen LogP contribution in [0.15, 0.2) is 24.3 Å². The van der Waals surface area contributed by atoms with Crippen LogP contribution in [-0.4, -0.2) is 14.8 Å². The summed E-state index contributed by atoms with van der Waals surface area (Å²) in [5.74, 6) is 2.27. The molecule has 2 N–H and O–H groups in total. The van der Waals surface area contributed by atoms with Crippen molar-refractivity contribution in [2.75, 3.05) is 5.73 Å². The third-order valence-corrected chi connectivity index (χ3v) is 3.52. The van der Waals surface area contributed by atoms with E-state index in [-0.39, 0.29) is 0 Å². The van der Waals surface area contributed by atoms with Gasteiger partial charge in [0.05, 0.1) is 0 Å². The van der Waals surface area contributed by atoms with Gasteiger partial charge in [-0.2, -0.15) is 0 Å². The highest BCUT2D eigenvalue weighted by molar-refractivity contribution is 5.40. The molecule has 0 radical (unpaired) electrons. The molecule has 0 amide bonds. The van der Waals surface area contributed by atoms with Gasteiger partial charge in [0.2, 0.25) is 0 Å². The summed E-state index contributed by atoms with van der Waals surface area (Å²) >= 11 is 0. The summed E-state index contributed by atoms with van der Waals surface area (Å²) < 4.78 is 2.29. The summed E-state index contributed by atoms with van der Waals surface area (Å²) in [6.07, 6.45) is 5.48. The maximum Gasteiger partial charge on any atom is 0.133 e. The zero-order valence-corrected chi connectivity index (χ0v) is 10.5. The van der Waals surface area contributed by atoms with Crippen molar-refractivity contribution in [2.45, 2.75) is 38.6 Å². The fraction of sp³-hybridized carbons (Fsp3) is 0.429. The van der Waals surface area contributed by atoms with Crippen molar-refractivity contribution in [1.29, 1.82) is 0 Å². The standard InChI is InChI=1S/C14H18N4/c15-12-5-3-4-11(10-12)7-8-14-17-16-13-6-1-2-9-18(13)14/h3-5,10H,1-2,6-9,15H2. The molecular weight excluding hydrogens is 224 g/mol. The van der Waals surface area contributed by atoms with E-state index in [9.17, 15) is 0 Å². The molecule has 3 rings (SSSR count). The van der Waals surface area contributed by atoms with Crippen molar-refractivity contribution < 1.29 is 0 Å². The van der Waals surface area contributed by atoms with E-state index in [1.165, 1.54) is 18.4 Å². The number of nitrogen functional groups attached to an aromatic ring is 1. The van der Waals surface area contributed by atoms with Crippen LogP contribution in [0.4, 0.5) is 5.69 Å². The second kappa shape index (κ2) is 4.80. The lowest BCUT2D eigenvalue weighted by molar-refractivity contribution is 0.507. The minimum Gasteiger partial charge on any atom is -0.399 e. The quantitative estimate of drug-likeness (QED) is 0.837. The molecule has 0 fully saturated rings. The van der Waals surface area contributed by atoms with Crippen molar-refractivity contribution in [3.8, 4) is 0 Å². The van der Waals surface area contributed by atoms with Crippen LogP contribution in [0.25, 0.3) is 0 Å². The van der Waals surface area contributed by atoms with Gasteiger partial charge < -0.3 is 10.3 Å². The van der Waals surface area contributed by atoms with E-state index in [1.54, 1.807) is 0 Å². The van der Waals surface area contributed by atoms with Gasteiger partial charge >= 0.3 is 0 Å². The van der Waals surface area contributed by atoms with Crippen LogP contribution in [0.5, 0.6) is 0 Å². The minimum atomic E-state index is 0.829. The van der Waals surface area contributed by atoms with E-state index in [4.69, 9.17) is 5.73 Å². The summed E-state index contributed by atoms with van der Waals surface area (Å²) in [4.78, 5) is 0. The number of rotatable bonds is 3. The molecule has 0 unspecified atom stereocenters. The summed E-state index contributed by atoms with van der Waals surface area (Å²) in [5, 5.41) is 8.59. The molecule has 0 spiro atoms. The molecule has 1 aromatic heterocycles. The van der Waals surface area contributed by atoms with Crippen LogP contribution in [0, 0.1) is 0 Å². The van der Waals surface area contributed by atoms with E-state index in [1.807, 2.05) is 18.2 Å². The van der Waals surface area contributed by atoms with E-state index in [0.29, 0.717) is 0 Å². The number of hydrogen-bond donors (Lipinski definition) is 1. The predicted molar refractivity (Wildman–Crippen MR) is 71.2 cm³/mol. The fourth-order valence-electron chi connectivity index (χ4n) is 2.56. The van der Waals surface area contributed by atoms with Gasteiger partial charge in [0.1, 0.15) is 11.6 Å². The maximum atomic E-state index is 5.79. The van der Waals surface area contributed by atoms with E-state index in [2.05, 4.69) is 20.8 Å². The highest BCUT2D eigenvalue weighted by Crippen LogP contribution is 2.16. The molecular formula is C14H18N4. The van der Waals surface area contributed by atoms with Crippen LogP contribution in [0.1, 0.15) is 30.1 Å². The Morgan fingerprint density at radius 3 is 3.00 bits per heavy atom. The number of nitrogens with two attached hydrogens (primary N) is 1. The number of aryl methyl sites for hydroxylation is 3. The summed E-state index contributed by atoms with van der Waals surface area (Å²) in [6.45, 7) is 1.08. The second-order valence-electron chi connectivity index (χ2n) is 4.89. The summed E-state index contributed by atoms with van der Waals surface area (Å²) in [6, 6.07) is 8.07. The zero-order chi connectivity index (χ0) is 12.4. The molecule has 2 aromatic rings. The molecule has 0 bridgehead atoms. The van der Waals surface area contributed by atoms with Gasteiger partial charge in [0, 0.05) is 25.1 Å². The van der Waals surface area contributed by atoms with E-state index < -0.39 is 0 Å². The SMILES string of the molecule is Nc1cccc(CCc2nnc3n2CCCC3)c1. The lowest BCUT2D eigenvalue weighted by atomic mass is 10.1. The Labute approximate surface area is 107 Å². The third kappa shape index (κ3) is 2.23. The van der Waals surface area contributed by atoms with Crippen LogP contribution in [0.3, 0.4) is 0 Å². The Hall–Kier alpha value is -1.84. The molecule has 2 heterocycles. The van der Waals surface area contributed by atoms with Crippen LogP contribution in [0.2, 0.25) is 0 Å². The van der Waals surface area contributed by atoms with Gasteiger partial charge in [-0.1, -0.05) is 12.1 Å². The van der Waals surface area contributed by atoms with Gasteiger partial charge in [0.25, 0.3) is 0 Å². The second-order valence-corrected chi connectivity index (χ2v) is 4.89. The van der Waals surface area contributed by atoms with Crippen LogP contribution in [-0.2, 0) is 25.8 Å². The average Bonchev–Trinajstić information content (AvgIpc) is 2.80. The molecule has 94 valence electrons. The lowest BCUT2D eigenvalue weighted by Crippen LogP contribution is -2.13. The first-order valence-corrected chi connectivity index (χ1v) is 6.58. The number of anilines is 1. The van der Waals surface area contributed by atoms with Crippen molar-refractivity contribution in [2.24, 2.45) is 0 Å². The molecule has 0 saturated carbocycles. The summed E-state index contributed by atoms with van der Waals surface area (Å²) in [7, 11) is 0. The van der Waals surface area contributed by atoms with Gasteiger partial charge in [-0.3, -0.25) is 0 Å². The zero-order valence-electron chi connectivity index (χ0n) is 10.5. The lowest BCUT2D eigenvalue weighted by Gasteiger charge is -2.14. The monoisotopic (exact) mass is 242 g/mol. The van der Waals surface area contributed by atoms with Gasteiger partial charge in [-0.25, -0.2) is 0 Å². The normalized spacial score (nSPS) is 14.4. The third-order valence-electron chi connectivity index (χ3n) is 3.52. The molecule has 0 saturated heterocycles. The molecule has 0 aliphatic carbocycles. The van der Waals surface area contributed by atoms with Gasteiger partial charge in [0.15, 0.2) is 0 Å². The fourth-order valence-corrected chi connectivity index (χ4v) is 2.56. The predicted octanol–water partition coefficient (Wildman–Crippen LogP) is 1.98. The molecule has 4 nitrogen and oxygen atoms in total. The van der Waals surface area contributed by atoms with Crippen molar-refractivity contribution in [1.82, 2.24) is 14.8 Å². The smallest absolute Gasteiger partial charge is 0.133 e. The highest BCUT2D eigenvalue weighted by Gasteiger charge is 2.15. The number of nitrogens with zero attached hydrogens (tertiary/aromatic N) is 3. The van der Waals surface area contributed by atoms with E-state index in [0.717, 1.165) is 43.1 Å². The molecule has 1 aliphatic heterocycles. The molecule has 18 heavy (non-hydrogen) atoms. The molecule has 1 aliphatic rings. The van der Waals surface area contributed by atoms with Crippen LogP contribution < -0.4 is 5.73 Å². The van der Waals surface area contributed by atoms with Crippen molar-refractivity contribution in [3.63, 3.8) is 0 Å². The highest BCUT2D eigenvalue weighted by atomic mass is 15.3. The Bertz CT molecular complexity index is 544. The van der Waals surface area contributed by atoms with Crippen molar-refractivity contribution >= 4 is 5.69 Å². The maximum absolute atomic E-state index is 5.79. The molecule has 1 aromatic carbocycles. The largest absolute Gasteiger partial charge is 0.399 e. The van der Waals surface area contributed by atoms with Crippen molar-refractivity contribution in [3.05, 3.63) is 41.5 Å². The molecule has 0 atom stereocenters. The average molecular weight is 242 g/mol. The number of benzene rings is 1. The summed E-state index contributed by atoms with van der Waals surface area (Å²) in [5.41, 5.74) is 7.88. The minimum absolute atomic E-state index is 0.829. The van der Waals surface area contributed by atoms with Gasteiger partial charge in [-0.05, 0) is 37.0 Å². The topological polar surface area (TPSA) is 56.7 Å². The first-order chi connectivity index (χ1) is 8.83. The Morgan fingerprint density at radius 2 is 2.11 bits per heavy atom. The Balaban J connectivity index is 1.72. The first kappa shape index (κ1) is 11.3. The van der Waals surface area contributed by atoms with Gasteiger partial charge in [-0.15, -0.1) is 10.2 Å². The van der Waals surface area contributed by atoms with E-state index >= 15 is 0 Å². The van der Waals surface area contributed by atoms with Crippen LogP contribution >= 0.6 is 0 Å². The number of hydrogen-bond acceptors (Lipinski definition) is 3. The number of aromatic nitrogens is 3. The number of fused-ring (bicyclic) bond motifs is 1. The Kier molecular flexibility index (Phi) is 3.00. The first-order valence-electron chi connectivity index (χ1n) is 6.58. The Morgan fingerprint density at radius 1 is 1.17 bits per heavy atom.